The second-order valence-corrected chi connectivity index (χ2v) is 20.1. The summed E-state index contributed by atoms with van der Waals surface area (Å²) < 4.78 is 31.6. The van der Waals surface area contributed by atoms with Crippen molar-refractivity contribution in [3.63, 3.8) is 0 Å². The van der Waals surface area contributed by atoms with E-state index in [2.05, 4.69) is 24.6 Å². The number of ether oxygens (including phenoxy) is 1. The van der Waals surface area contributed by atoms with Crippen molar-refractivity contribution in [3.8, 4) is 10.4 Å². The number of hydroxylamine groups is 3. The molecule has 2 N–H and O–H groups in total. The van der Waals surface area contributed by atoms with Crippen molar-refractivity contribution in [3.05, 3.63) is 41.3 Å². The molecule has 0 radical (unpaired) electrons. The van der Waals surface area contributed by atoms with Crippen molar-refractivity contribution in [2.45, 2.75) is 128 Å². The van der Waals surface area contributed by atoms with Gasteiger partial charge in [-0.2, -0.15) is 5.06 Å². The Morgan fingerprint density at radius 1 is 1.04 bits per heavy atom. The molecular formula is C39H55N3O8S2. The molecule has 3 heterocycles. The van der Waals surface area contributed by atoms with Crippen molar-refractivity contribution >= 4 is 44.5 Å². The van der Waals surface area contributed by atoms with Gasteiger partial charge in [0.05, 0.1) is 17.8 Å². The van der Waals surface area contributed by atoms with Crippen LogP contribution in [0.4, 0.5) is 5.69 Å². The quantitative estimate of drug-likeness (QED) is 0.221. The Bertz CT molecular complexity index is 1760. The molecule has 4 unspecified atom stereocenters. The highest BCUT2D eigenvalue weighted by atomic mass is 32.2. The summed E-state index contributed by atoms with van der Waals surface area (Å²) in [5.74, 6) is -0.344. The van der Waals surface area contributed by atoms with Crippen LogP contribution in [-0.2, 0) is 43.4 Å². The number of hydrogen-bond acceptors (Lipinski definition) is 10. The normalized spacial score (nSPS) is 29.7. The molecule has 0 spiro atoms. The number of carbonyl (C=O) groups excluding carboxylic acids is 3. The fourth-order valence-corrected chi connectivity index (χ4v) is 12.6. The van der Waals surface area contributed by atoms with E-state index in [1.807, 2.05) is 69.2 Å². The number of nitrogens with one attached hydrogen (secondary N) is 2. The average Bonchev–Trinajstić information content (AvgIpc) is 3.34. The van der Waals surface area contributed by atoms with E-state index in [9.17, 15) is 22.8 Å². The monoisotopic (exact) mass is 757 g/mol. The van der Waals surface area contributed by atoms with E-state index in [0.717, 1.165) is 36.1 Å². The molecular weight excluding hydrogens is 703 g/mol. The number of amides is 2. The Morgan fingerprint density at radius 2 is 1.83 bits per heavy atom. The molecule has 6 rings (SSSR count). The Morgan fingerprint density at radius 3 is 2.54 bits per heavy atom. The van der Waals surface area contributed by atoms with E-state index in [1.54, 1.807) is 0 Å². The zero-order valence-corrected chi connectivity index (χ0v) is 33.1. The fraction of sp³-hybridized carbons (Fsp3) is 0.667. The van der Waals surface area contributed by atoms with Crippen LogP contribution in [0.5, 0.6) is 0 Å². The number of carbonyl (C=O) groups is 3. The summed E-state index contributed by atoms with van der Waals surface area (Å²) in [4.78, 5) is 53.7. The van der Waals surface area contributed by atoms with Crippen LogP contribution < -0.4 is 10.8 Å². The Labute approximate surface area is 312 Å². The van der Waals surface area contributed by atoms with Gasteiger partial charge in [0, 0.05) is 47.4 Å². The highest BCUT2D eigenvalue weighted by Gasteiger charge is 2.79. The lowest BCUT2D eigenvalue weighted by molar-refractivity contribution is -0.262. The van der Waals surface area contributed by atoms with Gasteiger partial charge in [-0.1, -0.05) is 39.3 Å². The van der Waals surface area contributed by atoms with E-state index in [-0.39, 0.29) is 54.1 Å². The summed E-state index contributed by atoms with van der Waals surface area (Å²) in [5, 5.41) is 4.85. The van der Waals surface area contributed by atoms with Gasteiger partial charge in [0.2, 0.25) is 11.8 Å². The lowest BCUT2D eigenvalue weighted by atomic mass is 9.84. The number of sulfone groups is 1. The molecule has 2 saturated heterocycles. The molecule has 286 valence electrons. The zero-order valence-electron chi connectivity index (χ0n) is 31.4. The highest BCUT2D eigenvalue weighted by Crippen LogP contribution is 2.70. The average molecular weight is 758 g/mol. The van der Waals surface area contributed by atoms with E-state index < -0.39 is 37.9 Å². The van der Waals surface area contributed by atoms with Crippen LogP contribution in [0.1, 0.15) is 111 Å². The fourth-order valence-electron chi connectivity index (χ4n) is 8.83. The van der Waals surface area contributed by atoms with Crippen molar-refractivity contribution < 1.29 is 37.2 Å². The summed E-state index contributed by atoms with van der Waals surface area (Å²) in [6.45, 7) is 13.0. The molecule has 0 bridgehead atoms. The Hall–Kier alpha value is -2.68. The molecule has 2 aliphatic heterocycles. The highest BCUT2D eigenvalue weighted by molar-refractivity contribution is 7.92. The minimum absolute atomic E-state index is 0.0201. The number of ketones is 1. The predicted octanol–water partition coefficient (Wildman–Crippen LogP) is 6.93. The molecule has 11 nitrogen and oxygen atoms in total. The predicted molar refractivity (Wildman–Crippen MR) is 201 cm³/mol. The molecule has 2 aliphatic carbocycles. The molecule has 52 heavy (non-hydrogen) atoms. The molecule has 13 heteroatoms. The topological polar surface area (TPSA) is 140 Å². The molecule has 4 aliphatic rings. The maximum Gasteiger partial charge on any atom is 0.245 e. The molecule has 4 fully saturated rings. The van der Waals surface area contributed by atoms with E-state index in [0.29, 0.717) is 42.9 Å². The minimum atomic E-state index is -3.65. The van der Waals surface area contributed by atoms with Gasteiger partial charge in [0.15, 0.2) is 21.9 Å². The second kappa shape index (κ2) is 14.9. The van der Waals surface area contributed by atoms with Crippen LogP contribution in [0, 0.1) is 17.3 Å². The van der Waals surface area contributed by atoms with E-state index in [4.69, 9.17) is 14.4 Å². The number of benzene rings is 1. The van der Waals surface area contributed by atoms with Crippen molar-refractivity contribution in [1.82, 2.24) is 10.5 Å². The van der Waals surface area contributed by atoms with Gasteiger partial charge in [0.25, 0.3) is 0 Å². The van der Waals surface area contributed by atoms with Crippen LogP contribution in [-0.4, -0.2) is 67.4 Å². The standard InChI is InChI=1S/C39H55N3O8S2/c1-26-15-17-30-37(5,6)39(30,35(26)45)42(50-36(2,3)4)21-19-32(43)40-28-13-11-12-27(24-28)29-16-18-31(51-29)38(20-8-10-23-52(38,46)47)25-33(44)41-49-34-14-7-9-22-48-34/h11-13,16,18,24,26,30,34H,7-10,14-15,17,19-23,25H2,1-6H3,(H,40,43)(H,41,44)/t26?,30?,34?,38-,39?/m0/s1. The maximum absolute atomic E-state index is 13.8. The first kappa shape index (κ1) is 39.0. The van der Waals surface area contributed by atoms with Crippen LogP contribution >= 0.6 is 11.3 Å². The first-order valence-corrected chi connectivity index (χ1v) is 21.3. The van der Waals surface area contributed by atoms with E-state index in [1.165, 1.54) is 11.3 Å². The number of rotatable bonds is 12. The van der Waals surface area contributed by atoms with Gasteiger partial charge in [-0.3, -0.25) is 19.2 Å². The summed E-state index contributed by atoms with van der Waals surface area (Å²) in [5.41, 5.74) is 2.36. The summed E-state index contributed by atoms with van der Waals surface area (Å²) >= 11 is 1.36. The van der Waals surface area contributed by atoms with Gasteiger partial charge < -0.3 is 10.1 Å². The third-order valence-corrected chi connectivity index (χ3v) is 15.6. The number of Topliss-reactive ketones (excluding diaryl/α,β-unsaturated/α-hetero) is 1. The molecule has 1 aromatic heterocycles. The minimum Gasteiger partial charge on any atom is -0.350 e. The van der Waals surface area contributed by atoms with E-state index >= 15 is 0 Å². The lowest BCUT2D eigenvalue weighted by Gasteiger charge is -2.40. The number of fused-ring (bicyclic) bond motifs is 1. The number of nitrogens with zero attached hydrogens (tertiary/aromatic N) is 1. The lowest BCUT2D eigenvalue weighted by Crippen LogP contribution is -2.54. The largest absolute Gasteiger partial charge is 0.350 e. The van der Waals surface area contributed by atoms with Crippen molar-refractivity contribution in [2.75, 3.05) is 24.2 Å². The number of anilines is 1. The smallest absolute Gasteiger partial charge is 0.245 e. The van der Waals surface area contributed by atoms with Crippen LogP contribution in [0.2, 0.25) is 0 Å². The third kappa shape index (κ3) is 7.50. The SMILES string of the molecule is CC1CCC2C(C)(C)C2(N(CCC(=O)Nc2cccc(-c3ccc([C@@]4(CC(=O)NOC5CCCCO5)CCCCS4(=O)=O)s3)c2)OC(C)(C)C)C1=O. The third-order valence-electron chi connectivity index (χ3n) is 11.5. The first-order valence-electron chi connectivity index (χ1n) is 18.8. The summed E-state index contributed by atoms with van der Waals surface area (Å²) in [7, 11) is -3.65. The maximum atomic E-state index is 13.8. The zero-order chi connectivity index (χ0) is 37.5. The molecule has 5 atom stereocenters. The molecule has 2 saturated carbocycles. The van der Waals surface area contributed by atoms with Crippen LogP contribution in [0.15, 0.2) is 36.4 Å². The number of thiophene rings is 1. The van der Waals surface area contributed by atoms with Gasteiger partial charge in [-0.15, -0.1) is 11.3 Å². The van der Waals surface area contributed by atoms with Crippen LogP contribution in [0.3, 0.4) is 0 Å². The number of hydrogen-bond donors (Lipinski definition) is 2. The summed E-state index contributed by atoms with van der Waals surface area (Å²) in [6, 6.07) is 11.2. The molecule has 2 amide bonds. The van der Waals surface area contributed by atoms with Gasteiger partial charge >= 0.3 is 0 Å². The van der Waals surface area contributed by atoms with Gasteiger partial charge in [-0.05, 0) is 100 Å². The Balaban J connectivity index is 1.15. The molecule has 1 aromatic carbocycles. The first-order chi connectivity index (χ1) is 24.5. The van der Waals surface area contributed by atoms with Crippen molar-refractivity contribution in [2.24, 2.45) is 17.3 Å². The van der Waals surface area contributed by atoms with Crippen LogP contribution in [0.25, 0.3) is 10.4 Å². The van der Waals surface area contributed by atoms with Gasteiger partial charge in [-0.25, -0.2) is 18.7 Å². The summed E-state index contributed by atoms with van der Waals surface area (Å²) in [6.07, 6.45) is 5.34. The van der Waals surface area contributed by atoms with Gasteiger partial charge in [0.1, 0.15) is 10.3 Å². The second-order valence-electron chi connectivity index (χ2n) is 16.6. The van der Waals surface area contributed by atoms with Crippen molar-refractivity contribution in [1.29, 1.82) is 0 Å². The molecule has 2 aromatic rings. The Kier molecular flexibility index (Phi) is 11.2.